The summed E-state index contributed by atoms with van der Waals surface area (Å²) < 4.78 is 0. The van der Waals surface area contributed by atoms with Crippen LogP contribution in [-0.2, 0) is 0 Å². The van der Waals surface area contributed by atoms with Crippen molar-refractivity contribution in [3.63, 3.8) is 0 Å². The Bertz CT molecular complexity index is 1820. The fourth-order valence-corrected chi connectivity index (χ4v) is 4.91. The number of piperazine rings is 1. The fraction of sp³-hybridized carbons (Fsp3) is 0.172. The summed E-state index contributed by atoms with van der Waals surface area (Å²) in [5.74, 6) is 0.0590. The minimum atomic E-state index is -0.354. The Kier molecular flexibility index (Phi) is 5.98. The molecule has 0 bridgehead atoms. The Hall–Kier alpha value is -5.14. The molecule has 3 aromatic carbocycles. The van der Waals surface area contributed by atoms with Gasteiger partial charge >= 0.3 is 0 Å². The number of anilines is 3. The first kappa shape index (κ1) is 24.2. The third kappa shape index (κ3) is 4.56. The van der Waals surface area contributed by atoms with Crippen molar-refractivity contribution < 1.29 is 4.79 Å². The number of nitrogens with two attached hydrogens (primary N) is 1. The predicted molar refractivity (Wildman–Crippen MR) is 153 cm³/mol. The minimum Gasteiger partial charge on any atom is -0.397 e. The molecule has 1 aliphatic rings. The first-order valence-electron chi connectivity index (χ1n) is 12.6. The van der Waals surface area contributed by atoms with E-state index in [1.54, 1.807) is 42.5 Å². The van der Waals surface area contributed by atoms with E-state index in [9.17, 15) is 9.59 Å². The van der Waals surface area contributed by atoms with Gasteiger partial charge in [0.15, 0.2) is 0 Å². The second-order valence-electron chi connectivity index (χ2n) is 9.72. The molecule has 0 atom stereocenters. The van der Waals surface area contributed by atoms with Crippen LogP contribution in [0.25, 0.3) is 33.3 Å². The molecule has 0 radical (unpaired) electrons. The number of nitrogen functional groups attached to an aromatic ring is 1. The molecular formula is C29H26N8O2. The van der Waals surface area contributed by atoms with Crippen LogP contribution in [0.1, 0.15) is 15.9 Å². The van der Waals surface area contributed by atoms with E-state index in [0.717, 1.165) is 42.9 Å². The van der Waals surface area contributed by atoms with Crippen molar-refractivity contribution in [1.29, 1.82) is 5.26 Å². The normalized spacial score (nSPS) is 14.0. The number of nitrogens with one attached hydrogen (secondary N) is 3. The Morgan fingerprint density at radius 1 is 1.00 bits per heavy atom. The summed E-state index contributed by atoms with van der Waals surface area (Å²) in [5, 5.41) is 12.4. The van der Waals surface area contributed by atoms with Crippen LogP contribution in [0, 0.1) is 11.3 Å². The molecule has 5 N–H and O–H groups in total. The van der Waals surface area contributed by atoms with Gasteiger partial charge in [-0.25, -0.2) is 4.98 Å². The maximum Gasteiger partial charge on any atom is 0.261 e. The number of fused-ring (bicyclic) bond motifs is 2. The van der Waals surface area contributed by atoms with Crippen LogP contribution >= 0.6 is 0 Å². The van der Waals surface area contributed by atoms with E-state index >= 15 is 0 Å². The molecule has 194 valence electrons. The standard InChI is InChI=1S/C29H26N8O2/c1-36-10-12-37(13-11-36)20-7-9-23-24(15-20)34-27(33-23)25-26(31)21-14-19(6-8-22(21)35-29(25)39)32-28(38)18-4-2-17(16-30)3-5-18/h2-9,14-15H,10-13H2,1H3,(H,32,38)(H,33,34)(H3,31,35,39). The molecule has 39 heavy (non-hydrogen) atoms. The summed E-state index contributed by atoms with van der Waals surface area (Å²) in [5.41, 5.74) is 11.3. The smallest absolute Gasteiger partial charge is 0.261 e. The van der Waals surface area contributed by atoms with Gasteiger partial charge in [-0.2, -0.15) is 5.26 Å². The maximum atomic E-state index is 13.1. The molecule has 5 aromatic rings. The third-order valence-corrected chi connectivity index (χ3v) is 7.16. The quantitative estimate of drug-likeness (QED) is 0.285. The number of rotatable bonds is 4. The molecule has 0 spiro atoms. The summed E-state index contributed by atoms with van der Waals surface area (Å²) in [6, 6.07) is 19.6. The number of amides is 1. The van der Waals surface area contributed by atoms with E-state index in [2.05, 4.69) is 49.2 Å². The number of likely N-dealkylation sites (N-methyl/N-ethyl adjacent to an activating group) is 1. The van der Waals surface area contributed by atoms with E-state index in [-0.39, 0.29) is 22.7 Å². The van der Waals surface area contributed by atoms with E-state index in [4.69, 9.17) is 11.0 Å². The summed E-state index contributed by atoms with van der Waals surface area (Å²) in [4.78, 5) is 41.3. The second-order valence-corrected chi connectivity index (χ2v) is 9.72. The lowest BCUT2D eigenvalue weighted by atomic mass is 10.1. The van der Waals surface area contributed by atoms with Crippen LogP contribution in [0.5, 0.6) is 0 Å². The third-order valence-electron chi connectivity index (χ3n) is 7.16. The molecule has 1 amide bonds. The van der Waals surface area contributed by atoms with Crippen molar-refractivity contribution in [3.8, 4) is 17.5 Å². The van der Waals surface area contributed by atoms with Crippen molar-refractivity contribution in [2.75, 3.05) is 49.2 Å². The summed E-state index contributed by atoms with van der Waals surface area (Å²) in [6.45, 7) is 3.91. The molecular weight excluding hydrogens is 492 g/mol. The first-order chi connectivity index (χ1) is 18.9. The van der Waals surface area contributed by atoms with Crippen molar-refractivity contribution >= 4 is 44.9 Å². The summed E-state index contributed by atoms with van der Waals surface area (Å²) >= 11 is 0. The molecule has 10 nitrogen and oxygen atoms in total. The van der Waals surface area contributed by atoms with Crippen LogP contribution < -0.4 is 21.5 Å². The van der Waals surface area contributed by atoms with Gasteiger partial charge < -0.3 is 30.8 Å². The van der Waals surface area contributed by atoms with Gasteiger partial charge in [0, 0.05) is 48.5 Å². The molecule has 1 fully saturated rings. The molecule has 0 saturated carbocycles. The van der Waals surface area contributed by atoms with E-state index in [0.29, 0.717) is 33.5 Å². The van der Waals surface area contributed by atoms with Gasteiger partial charge in [-0.15, -0.1) is 0 Å². The zero-order valence-electron chi connectivity index (χ0n) is 21.3. The summed E-state index contributed by atoms with van der Waals surface area (Å²) in [7, 11) is 2.12. The zero-order valence-corrected chi connectivity index (χ0v) is 21.3. The lowest BCUT2D eigenvalue weighted by molar-refractivity contribution is 0.102. The number of imidazole rings is 1. The predicted octanol–water partition coefficient (Wildman–Crippen LogP) is 3.53. The highest BCUT2D eigenvalue weighted by atomic mass is 16.1. The Morgan fingerprint density at radius 2 is 1.77 bits per heavy atom. The van der Waals surface area contributed by atoms with Crippen molar-refractivity contribution in [3.05, 3.63) is 82.1 Å². The number of nitrogens with zero attached hydrogens (tertiary/aromatic N) is 4. The van der Waals surface area contributed by atoms with Crippen LogP contribution in [0.3, 0.4) is 0 Å². The number of aromatic nitrogens is 3. The highest BCUT2D eigenvalue weighted by Crippen LogP contribution is 2.31. The van der Waals surface area contributed by atoms with Crippen LogP contribution in [0.4, 0.5) is 17.1 Å². The number of hydrogen-bond acceptors (Lipinski definition) is 7. The highest BCUT2D eigenvalue weighted by molar-refractivity contribution is 6.06. The Morgan fingerprint density at radius 3 is 2.51 bits per heavy atom. The molecule has 6 rings (SSSR count). The van der Waals surface area contributed by atoms with Crippen molar-refractivity contribution in [2.24, 2.45) is 0 Å². The number of nitriles is 1. The average molecular weight is 519 g/mol. The second kappa shape index (κ2) is 9.63. The lowest BCUT2D eigenvalue weighted by Gasteiger charge is -2.34. The van der Waals surface area contributed by atoms with Gasteiger partial charge in [0.05, 0.1) is 33.9 Å². The Balaban J connectivity index is 1.33. The monoisotopic (exact) mass is 518 g/mol. The number of aromatic amines is 2. The van der Waals surface area contributed by atoms with Gasteiger partial charge in [0.1, 0.15) is 11.4 Å². The van der Waals surface area contributed by atoms with Gasteiger partial charge in [-0.05, 0) is 67.7 Å². The van der Waals surface area contributed by atoms with Crippen LogP contribution in [0.2, 0.25) is 0 Å². The molecule has 3 heterocycles. The topological polar surface area (TPSA) is 147 Å². The van der Waals surface area contributed by atoms with Gasteiger partial charge in [0.2, 0.25) is 0 Å². The minimum absolute atomic E-state index is 0.246. The molecule has 1 aliphatic heterocycles. The largest absolute Gasteiger partial charge is 0.397 e. The molecule has 1 saturated heterocycles. The highest BCUT2D eigenvalue weighted by Gasteiger charge is 2.19. The van der Waals surface area contributed by atoms with Crippen LogP contribution in [-0.4, -0.2) is 59.0 Å². The zero-order chi connectivity index (χ0) is 27.1. The number of carbonyl (C=O) groups is 1. The Labute approximate surface area is 223 Å². The van der Waals surface area contributed by atoms with Gasteiger partial charge in [-0.3, -0.25) is 9.59 Å². The number of hydrogen-bond donors (Lipinski definition) is 4. The number of H-pyrrole nitrogens is 2. The fourth-order valence-electron chi connectivity index (χ4n) is 4.91. The molecule has 2 aromatic heterocycles. The molecule has 0 unspecified atom stereocenters. The lowest BCUT2D eigenvalue weighted by Crippen LogP contribution is -2.44. The average Bonchev–Trinajstić information content (AvgIpc) is 3.36. The van der Waals surface area contributed by atoms with Crippen LogP contribution in [0.15, 0.2) is 65.5 Å². The molecule has 0 aliphatic carbocycles. The van der Waals surface area contributed by atoms with Gasteiger partial charge in [-0.1, -0.05) is 0 Å². The maximum absolute atomic E-state index is 13.1. The summed E-state index contributed by atoms with van der Waals surface area (Å²) in [6.07, 6.45) is 0. The first-order valence-corrected chi connectivity index (χ1v) is 12.6. The number of benzene rings is 3. The van der Waals surface area contributed by atoms with E-state index < -0.39 is 0 Å². The van der Waals surface area contributed by atoms with Crippen molar-refractivity contribution in [1.82, 2.24) is 19.9 Å². The molecule has 10 heteroatoms. The van der Waals surface area contributed by atoms with Crippen molar-refractivity contribution in [2.45, 2.75) is 0 Å². The number of carbonyl (C=O) groups excluding carboxylic acids is 1. The number of pyridine rings is 1. The van der Waals surface area contributed by atoms with E-state index in [1.165, 1.54) is 0 Å². The van der Waals surface area contributed by atoms with E-state index in [1.807, 2.05) is 12.1 Å². The van der Waals surface area contributed by atoms with Gasteiger partial charge in [0.25, 0.3) is 11.5 Å². The SMILES string of the molecule is CN1CCN(c2ccc3nc(-c4c(N)c5cc(NC(=O)c6ccc(C#N)cc6)ccc5[nH]c4=O)[nH]c3c2)CC1.